The number of phenolic OH excluding ortho intramolecular Hbond substituents is 1. The Labute approximate surface area is 143 Å². The maximum absolute atomic E-state index is 12.9. The number of rotatable bonds is 3. The number of aromatic hydroxyl groups is 1. The molecule has 5 heteroatoms. The van der Waals surface area contributed by atoms with Gasteiger partial charge in [0.1, 0.15) is 11.5 Å². The molecule has 3 rings (SSSR count). The Hall–Kier alpha value is -1.88. The monoisotopic (exact) mass is 330 g/mol. The highest BCUT2D eigenvalue weighted by atomic mass is 16.3. The van der Waals surface area contributed by atoms with E-state index in [-0.39, 0.29) is 17.1 Å². The maximum atomic E-state index is 12.9. The lowest BCUT2D eigenvalue weighted by molar-refractivity contribution is -0.146. The van der Waals surface area contributed by atoms with Gasteiger partial charge in [-0.15, -0.1) is 0 Å². The molecule has 0 bridgehead atoms. The van der Waals surface area contributed by atoms with Crippen molar-refractivity contribution in [1.82, 2.24) is 9.80 Å². The van der Waals surface area contributed by atoms with Crippen molar-refractivity contribution >= 4 is 11.7 Å². The zero-order valence-electron chi connectivity index (χ0n) is 14.3. The summed E-state index contributed by atoms with van der Waals surface area (Å²) in [6.07, 6.45) is 2.46. The van der Waals surface area contributed by atoms with Crippen molar-refractivity contribution in [3.8, 4) is 5.75 Å². The second-order valence-electron chi connectivity index (χ2n) is 7.34. The number of phenols is 1. The standard InChI is InChI=1S/C19H26N2O3/c1-19(7-5-16(22)6-8-19)18(24)21-11-9-20(10-12-21)14-15-3-2-4-17(23)13-15/h2-4,13,23H,5-12,14H2,1H3. The average molecular weight is 330 g/mol. The highest BCUT2D eigenvalue weighted by Crippen LogP contribution is 2.36. The fourth-order valence-electron chi connectivity index (χ4n) is 3.70. The number of ketones is 1. The van der Waals surface area contributed by atoms with Crippen LogP contribution in [0, 0.1) is 5.41 Å². The van der Waals surface area contributed by atoms with E-state index in [0.717, 1.165) is 38.3 Å². The number of Topliss-reactive ketones (excluding diaryl/α,β-unsaturated/α-hetero) is 1. The van der Waals surface area contributed by atoms with Crippen LogP contribution in [-0.4, -0.2) is 52.8 Å². The molecule has 2 fully saturated rings. The Bertz CT molecular complexity index is 611. The SMILES string of the molecule is CC1(C(=O)N2CCN(Cc3cccc(O)c3)CC2)CCC(=O)CC1. The second-order valence-corrected chi connectivity index (χ2v) is 7.34. The van der Waals surface area contributed by atoms with Gasteiger partial charge in [0.25, 0.3) is 0 Å². The fraction of sp³-hybridized carbons (Fsp3) is 0.579. The van der Waals surface area contributed by atoms with Crippen molar-refractivity contribution in [2.75, 3.05) is 26.2 Å². The quantitative estimate of drug-likeness (QED) is 0.923. The Morgan fingerprint density at radius 3 is 2.46 bits per heavy atom. The molecular formula is C19H26N2O3. The average Bonchev–Trinajstić information content (AvgIpc) is 2.58. The summed E-state index contributed by atoms with van der Waals surface area (Å²) in [5.74, 6) is 0.796. The molecule has 1 saturated heterocycles. The van der Waals surface area contributed by atoms with Crippen molar-refractivity contribution in [2.24, 2.45) is 5.41 Å². The normalized spacial score (nSPS) is 21.7. The van der Waals surface area contributed by atoms with Crippen molar-refractivity contribution in [2.45, 2.75) is 39.2 Å². The van der Waals surface area contributed by atoms with Gasteiger partial charge in [0, 0.05) is 51.0 Å². The van der Waals surface area contributed by atoms with Gasteiger partial charge < -0.3 is 10.0 Å². The molecule has 0 spiro atoms. The van der Waals surface area contributed by atoms with Gasteiger partial charge >= 0.3 is 0 Å². The van der Waals surface area contributed by atoms with Gasteiger partial charge in [-0.05, 0) is 30.5 Å². The van der Waals surface area contributed by atoms with Crippen LogP contribution in [0.3, 0.4) is 0 Å². The number of hydrogen-bond acceptors (Lipinski definition) is 4. The third-order valence-corrected chi connectivity index (χ3v) is 5.40. The molecule has 130 valence electrons. The van der Waals surface area contributed by atoms with E-state index >= 15 is 0 Å². The lowest BCUT2D eigenvalue weighted by atomic mass is 9.74. The molecule has 0 radical (unpaired) electrons. The van der Waals surface area contributed by atoms with E-state index in [4.69, 9.17) is 0 Å². The Kier molecular flexibility index (Phi) is 4.90. The van der Waals surface area contributed by atoms with E-state index in [1.54, 1.807) is 12.1 Å². The third kappa shape index (κ3) is 3.78. The van der Waals surface area contributed by atoms with E-state index in [9.17, 15) is 14.7 Å². The molecule has 1 saturated carbocycles. The number of carbonyl (C=O) groups is 2. The molecular weight excluding hydrogens is 304 g/mol. The molecule has 1 N–H and O–H groups in total. The Morgan fingerprint density at radius 2 is 1.83 bits per heavy atom. The van der Waals surface area contributed by atoms with Gasteiger partial charge in [-0.25, -0.2) is 0 Å². The van der Waals surface area contributed by atoms with Crippen LogP contribution in [0.5, 0.6) is 5.75 Å². The number of piperazine rings is 1. The predicted octanol–water partition coefficient (Wildman–Crippen LogP) is 2.19. The molecule has 0 aromatic heterocycles. The third-order valence-electron chi connectivity index (χ3n) is 5.40. The Balaban J connectivity index is 1.53. The summed E-state index contributed by atoms with van der Waals surface area (Å²) >= 11 is 0. The summed E-state index contributed by atoms with van der Waals surface area (Å²) in [5.41, 5.74) is 0.730. The van der Waals surface area contributed by atoms with Crippen molar-refractivity contribution in [3.05, 3.63) is 29.8 Å². The van der Waals surface area contributed by atoms with Crippen LogP contribution in [0.25, 0.3) is 0 Å². The summed E-state index contributed by atoms with van der Waals surface area (Å²) in [4.78, 5) is 28.6. The van der Waals surface area contributed by atoms with Crippen molar-refractivity contribution in [1.29, 1.82) is 0 Å². The lowest BCUT2D eigenvalue weighted by Crippen LogP contribution is -2.53. The van der Waals surface area contributed by atoms with Gasteiger partial charge in [0.15, 0.2) is 0 Å². The van der Waals surface area contributed by atoms with Crippen LogP contribution in [0.15, 0.2) is 24.3 Å². The Morgan fingerprint density at radius 1 is 1.17 bits per heavy atom. The highest BCUT2D eigenvalue weighted by molar-refractivity contribution is 5.87. The van der Waals surface area contributed by atoms with Crippen LogP contribution < -0.4 is 0 Å². The fourth-order valence-corrected chi connectivity index (χ4v) is 3.70. The minimum Gasteiger partial charge on any atom is -0.508 e. The molecule has 1 amide bonds. The van der Waals surface area contributed by atoms with Crippen LogP contribution >= 0.6 is 0 Å². The first-order valence-electron chi connectivity index (χ1n) is 8.78. The molecule has 1 aliphatic carbocycles. The van der Waals surface area contributed by atoms with Gasteiger partial charge in [-0.1, -0.05) is 19.1 Å². The summed E-state index contributed by atoms with van der Waals surface area (Å²) in [6, 6.07) is 7.33. The topological polar surface area (TPSA) is 60.9 Å². The smallest absolute Gasteiger partial charge is 0.228 e. The molecule has 2 aliphatic rings. The molecule has 1 aromatic rings. The van der Waals surface area contributed by atoms with Crippen LogP contribution in [0.4, 0.5) is 0 Å². The van der Waals surface area contributed by atoms with Gasteiger partial charge in [0.2, 0.25) is 5.91 Å². The van der Waals surface area contributed by atoms with Crippen LogP contribution in [0.1, 0.15) is 38.2 Å². The van der Waals surface area contributed by atoms with Crippen molar-refractivity contribution < 1.29 is 14.7 Å². The highest BCUT2D eigenvalue weighted by Gasteiger charge is 2.40. The first-order chi connectivity index (χ1) is 11.5. The maximum Gasteiger partial charge on any atom is 0.228 e. The molecule has 1 aliphatic heterocycles. The molecule has 24 heavy (non-hydrogen) atoms. The summed E-state index contributed by atoms with van der Waals surface area (Å²) in [5, 5.41) is 9.55. The minimum atomic E-state index is -0.360. The largest absolute Gasteiger partial charge is 0.508 e. The van der Waals surface area contributed by atoms with E-state index in [1.165, 1.54) is 0 Å². The molecule has 1 heterocycles. The summed E-state index contributed by atoms with van der Waals surface area (Å²) < 4.78 is 0. The van der Waals surface area contributed by atoms with E-state index in [0.29, 0.717) is 31.4 Å². The molecule has 0 atom stereocenters. The zero-order chi connectivity index (χ0) is 17.2. The predicted molar refractivity (Wildman–Crippen MR) is 91.5 cm³/mol. The van der Waals surface area contributed by atoms with Crippen molar-refractivity contribution in [3.63, 3.8) is 0 Å². The minimum absolute atomic E-state index is 0.215. The molecule has 1 aromatic carbocycles. The van der Waals surface area contributed by atoms with E-state index in [1.807, 2.05) is 24.0 Å². The first-order valence-corrected chi connectivity index (χ1v) is 8.78. The zero-order valence-corrected chi connectivity index (χ0v) is 14.3. The summed E-state index contributed by atoms with van der Waals surface area (Å²) in [7, 11) is 0. The van der Waals surface area contributed by atoms with Gasteiger partial charge in [-0.3, -0.25) is 14.5 Å². The van der Waals surface area contributed by atoms with Gasteiger partial charge in [-0.2, -0.15) is 0 Å². The van der Waals surface area contributed by atoms with E-state index < -0.39 is 0 Å². The van der Waals surface area contributed by atoms with E-state index in [2.05, 4.69) is 4.90 Å². The number of amides is 1. The molecule has 0 unspecified atom stereocenters. The first kappa shape index (κ1) is 17.0. The molecule has 5 nitrogen and oxygen atoms in total. The number of carbonyl (C=O) groups excluding carboxylic acids is 2. The number of benzene rings is 1. The summed E-state index contributed by atoms with van der Waals surface area (Å²) in [6.45, 7) is 5.97. The number of nitrogens with zero attached hydrogens (tertiary/aromatic N) is 2. The van der Waals surface area contributed by atoms with Gasteiger partial charge in [0.05, 0.1) is 0 Å². The van der Waals surface area contributed by atoms with Crippen LogP contribution in [-0.2, 0) is 16.1 Å². The number of hydrogen-bond donors (Lipinski definition) is 1. The lowest BCUT2D eigenvalue weighted by Gasteiger charge is -2.41. The second kappa shape index (κ2) is 6.93. The van der Waals surface area contributed by atoms with Crippen LogP contribution in [0.2, 0.25) is 0 Å².